The van der Waals surface area contributed by atoms with Crippen molar-refractivity contribution in [3.8, 4) is 28.0 Å². The number of hydrogen-bond donors (Lipinski definition) is 2. The lowest BCUT2D eigenvalue weighted by atomic mass is 9.92. The highest BCUT2D eigenvalue weighted by atomic mass is 16.3. The highest BCUT2D eigenvalue weighted by Crippen LogP contribution is 2.36. The Kier molecular flexibility index (Phi) is 3.98. The topological polar surface area (TPSA) is 72.0 Å². The fraction of sp³-hybridized carbons (Fsp3) is 0.158. The van der Waals surface area contributed by atoms with E-state index in [2.05, 4.69) is 23.0 Å². The normalized spacial score (nSPS) is 10.7. The minimum Gasteiger partial charge on any atom is -0.508 e. The van der Waals surface area contributed by atoms with E-state index in [0.717, 1.165) is 39.9 Å². The number of aromatic hydroxyl groups is 1. The molecule has 0 radical (unpaired) electrons. The van der Waals surface area contributed by atoms with Gasteiger partial charge in [0.1, 0.15) is 11.6 Å². The third-order valence-electron chi connectivity index (χ3n) is 3.95. The van der Waals surface area contributed by atoms with Crippen molar-refractivity contribution < 1.29 is 5.11 Å². The van der Waals surface area contributed by atoms with Gasteiger partial charge in [0, 0.05) is 34.8 Å². The lowest BCUT2D eigenvalue weighted by molar-refractivity contribution is 0.475. The van der Waals surface area contributed by atoms with Crippen molar-refractivity contribution in [1.29, 1.82) is 0 Å². The van der Waals surface area contributed by atoms with Gasteiger partial charge in [-0.3, -0.25) is 4.98 Å². The molecular formula is C19H19N3O. The van der Waals surface area contributed by atoms with Crippen LogP contribution < -0.4 is 5.73 Å². The number of aromatic nitrogens is 2. The molecule has 0 spiro atoms. The van der Waals surface area contributed by atoms with Crippen LogP contribution in [0.4, 0.5) is 5.82 Å². The van der Waals surface area contributed by atoms with Gasteiger partial charge >= 0.3 is 0 Å². The summed E-state index contributed by atoms with van der Waals surface area (Å²) in [6.45, 7) is 4.07. The molecule has 0 aliphatic carbocycles. The Balaban J connectivity index is 2.21. The molecule has 2 aromatic heterocycles. The first-order chi connectivity index (χ1) is 11.1. The minimum atomic E-state index is 0.234. The summed E-state index contributed by atoms with van der Waals surface area (Å²) in [5, 5.41) is 9.50. The smallest absolute Gasteiger partial charge is 0.131 e. The number of pyridine rings is 2. The van der Waals surface area contributed by atoms with Crippen LogP contribution in [0.2, 0.25) is 0 Å². The van der Waals surface area contributed by atoms with Gasteiger partial charge < -0.3 is 10.8 Å². The molecule has 0 saturated carbocycles. The summed E-state index contributed by atoms with van der Waals surface area (Å²) in [6, 6.07) is 11.1. The maximum atomic E-state index is 9.50. The predicted molar refractivity (Wildman–Crippen MR) is 93.1 cm³/mol. The molecule has 4 heteroatoms. The summed E-state index contributed by atoms with van der Waals surface area (Å²) in [5.41, 5.74) is 12.2. The largest absolute Gasteiger partial charge is 0.508 e. The summed E-state index contributed by atoms with van der Waals surface area (Å²) < 4.78 is 0. The highest BCUT2D eigenvalue weighted by molar-refractivity contribution is 5.84. The number of phenols is 1. The second kappa shape index (κ2) is 6.08. The van der Waals surface area contributed by atoms with Crippen molar-refractivity contribution >= 4 is 5.82 Å². The molecule has 116 valence electrons. The molecule has 23 heavy (non-hydrogen) atoms. The number of aryl methyl sites for hydroxylation is 1. The average molecular weight is 305 g/mol. The second-order valence-electron chi connectivity index (χ2n) is 5.50. The molecule has 0 atom stereocenters. The van der Waals surface area contributed by atoms with Crippen molar-refractivity contribution in [2.45, 2.75) is 20.3 Å². The monoisotopic (exact) mass is 305 g/mol. The molecule has 3 aromatic rings. The maximum Gasteiger partial charge on any atom is 0.131 e. The number of rotatable bonds is 3. The Morgan fingerprint density at radius 2 is 1.65 bits per heavy atom. The van der Waals surface area contributed by atoms with Gasteiger partial charge in [0.15, 0.2) is 0 Å². The lowest BCUT2D eigenvalue weighted by Crippen LogP contribution is -2.01. The Labute approximate surface area is 135 Å². The predicted octanol–water partition coefficient (Wildman–Crippen LogP) is 3.97. The molecule has 0 aliphatic rings. The molecule has 0 unspecified atom stereocenters. The first-order valence-electron chi connectivity index (χ1n) is 7.60. The van der Waals surface area contributed by atoms with Crippen LogP contribution in [-0.4, -0.2) is 15.1 Å². The molecule has 0 fully saturated rings. The average Bonchev–Trinajstić information content (AvgIpc) is 2.56. The minimum absolute atomic E-state index is 0.234. The number of nitrogen functional groups attached to an aromatic ring is 1. The Bertz CT molecular complexity index is 824. The Morgan fingerprint density at radius 1 is 0.957 bits per heavy atom. The van der Waals surface area contributed by atoms with Crippen molar-refractivity contribution in [3.63, 3.8) is 0 Å². The standard InChI is InChI=1S/C19H19N3O/c1-3-16-17(14-5-4-12(2)21-10-14)11-22-19(20)18(16)13-6-8-15(23)9-7-13/h4-11,23H,3H2,1-2H3,(H2,20,22). The fourth-order valence-corrected chi connectivity index (χ4v) is 2.76. The third kappa shape index (κ3) is 2.88. The SMILES string of the molecule is CCc1c(-c2ccc(C)nc2)cnc(N)c1-c1ccc(O)cc1. The van der Waals surface area contributed by atoms with Crippen molar-refractivity contribution in [2.24, 2.45) is 0 Å². The van der Waals surface area contributed by atoms with Crippen molar-refractivity contribution in [1.82, 2.24) is 9.97 Å². The molecule has 0 bridgehead atoms. The van der Waals surface area contributed by atoms with E-state index < -0.39 is 0 Å². The summed E-state index contributed by atoms with van der Waals surface area (Å²) in [7, 11) is 0. The Morgan fingerprint density at radius 3 is 2.26 bits per heavy atom. The van der Waals surface area contributed by atoms with Gasteiger partial charge in [-0.2, -0.15) is 0 Å². The van der Waals surface area contributed by atoms with Gasteiger partial charge in [-0.05, 0) is 42.7 Å². The number of phenolic OH excluding ortho intramolecular Hbond substituents is 1. The molecule has 3 rings (SSSR count). The van der Waals surface area contributed by atoms with Crippen LogP contribution >= 0.6 is 0 Å². The molecule has 0 amide bonds. The number of nitrogens with zero attached hydrogens (tertiary/aromatic N) is 2. The van der Waals surface area contributed by atoms with Gasteiger partial charge in [0.2, 0.25) is 0 Å². The van der Waals surface area contributed by atoms with Crippen LogP contribution in [0.15, 0.2) is 48.8 Å². The molecule has 3 N–H and O–H groups in total. The quantitative estimate of drug-likeness (QED) is 0.768. The summed E-state index contributed by atoms with van der Waals surface area (Å²) in [4.78, 5) is 8.75. The van der Waals surface area contributed by atoms with E-state index in [1.165, 1.54) is 0 Å². The van der Waals surface area contributed by atoms with Crippen LogP contribution in [0.1, 0.15) is 18.2 Å². The highest BCUT2D eigenvalue weighted by Gasteiger charge is 2.15. The first kappa shape index (κ1) is 15.0. The van der Waals surface area contributed by atoms with Crippen LogP contribution in [0.25, 0.3) is 22.3 Å². The zero-order chi connectivity index (χ0) is 16.4. The van der Waals surface area contributed by atoms with E-state index in [4.69, 9.17) is 5.73 Å². The molecule has 1 aromatic carbocycles. The van der Waals surface area contributed by atoms with Crippen molar-refractivity contribution in [3.05, 3.63) is 60.0 Å². The zero-order valence-corrected chi connectivity index (χ0v) is 13.2. The molecule has 0 aliphatic heterocycles. The van der Waals surface area contributed by atoms with Gasteiger partial charge in [-0.1, -0.05) is 25.1 Å². The van der Waals surface area contributed by atoms with Crippen LogP contribution in [0.3, 0.4) is 0 Å². The maximum absolute atomic E-state index is 9.50. The number of hydrogen-bond acceptors (Lipinski definition) is 4. The Hall–Kier alpha value is -2.88. The number of anilines is 1. The van der Waals surface area contributed by atoms with E-state index in [9.17, 15) is 5.11 Å². The van der Waals surface area contributed by atoms with Crippen LogP contribution in [-0.2, 0) is 6.42 Å². The van der Waals surface area contributed by atoms with Gasteiger partial charge in [-0.15, -0.1) is 0 Å². The van der Waals surface area contributed by atoms with Crippen LogP contribution in [0.5, 0.6) is 5.75 Å². The number of benzene rings is 1. The van der Waals surface area contributed by atoms with E-state index in [1.54, 1.807) is 12.1 Å². The van der Waals surface area contributed by atoms with Crippen molar-refractivity contribution in [2.75, 3.05) is 5.73 Å². The van der Waals surface area contributed by atoms with E-state index in [1.807, 2.05) is 37.5 Å². The van der Waals surface area contributed by atoms with Crippen LogP contribution in [0, 0.1) is 6.92 Å². The van der Waals surface area contributed by atoms with Gasteiger partial charge in [0.05, 0.1) is 0 Å². The summed E-state index contributed by atoms with van der Waals surface area (Å²) in [5.74, 6) is 0.730. The summed E-state index contributed by atoms with van der Waals surface area (Å²) in [6.07, 6.45) is 4.50. The zero-order valence-electron chi connectivity index (χ0n) is 13.2. The summed E-state index contributed by atoms with van der Waals surface area (Å²) >= 11 is 0. The van der Waals surface area contributed by atoms with E-state index >= 15 is 0 Å². The molecular weight excluding hydrogens is 286 g/mol. The third-order valence-corrected chi connectivity index (χ3v) is 3.95. The van der Waals surface area contributed by atoms with E-state index in [0.29, 0.717) is 5.82 Å². The van der Waals surface area contributed by atoms with Gasteiger partial charge in [0.25, 0.3) is 0 Å². The molecule has 0 saturated heterocycles. The molecule has 2 heterocycles. The first-order valence-corrected chi connectivity index (χ1v) is 7.60. The number of nitrogens with two attached hydrogens (primary N) is 1. The van der Waals surface area contributed by atoms with Gasteiger partial charge in [-0.25, -0.2) is 4.98 Å². The fourth-order valence-electron chi connectivity index (χ4n) is 2.76. The van der Waals surface area contributed by atoms with E-state index in [-0.39, 0.29) is 5.75 Å². The second-order valence-corrected chi connectivity index (χ2v) is 5.50. The lowest BCUT2D eigenvalue weighted by Gasteiger charge is -2.16. The molecule has 4 nitrogen and oxygen atoms in total.